The number of hydrogen-bond acceptors (Lipinski definition) is 3. The van der Waals surface area contributed by atoms with E-state index in [9.17, 15) is 0 Å². The lowest BCUT2D eigenvalue weighted by atomic mass is 9.96. The Morgan fingerprint density at radius 1 is 0.769 bits per heavy atom. The first-order valence-electron chi connectivity index (χ1n) is 10.4. The van der Waals surface area contributed by atoms with Gasteiger partial charge in [-0.1, -0.05) is 81.4 Å². The maximum atomic E-state index is 6.32. The van der Waals surface area contributed by atoms with Crippen molar-refractivity contribution in [3.8, 4) is 0 Å². The number of benzene rings is 1. The van der Waals surface area contributed by atoms with E-state index in [0.29, 0.717) is 6.61 Å². The van der Waals surface area contributed by atoms with Gasteiger partial charge >= 0.3 is 0 Å². The van der Waals surface area contributed by atoms with Crippen molar-refractivity contribution < 1.29 is 14.5 Å². The minimum absolute atomic E-state index is 0.537. The lowest BCUT2D eigenvalue weighted by Gasteiger charge is -2.42. The first-order valence-corrected chi connectivity index (χ1v) is 10.4. The van der Waals surface area contributed by atoms with Crippen LogP contribution in [-0.4, -0.2) is 18.0 Å². The van der Waals surface area contributed by atoms with Crippen molar-refractivity contribution in [3.63, 3.8) is 0 Å². The van der Waals surface area contributed by atoms with Gasteiger partial charge in [0, 0.05) is 12.8 Å². The summed E-state index contributed by atoms with van der Waals surface area (Å²) < 4.78 is 6.32. The Bertz CT molecular complexity index is 530. The van der Waals surface area contributed by atoms with Gasteiger partial charge in [-0.3, -0.25) is 0 Å². The quantitative estimate of drug-likeness (QED) is 0.570. The molecule has 1 aliphatic carbocycles. The summed E-state index contributed by atoms with van der Waals surface area (Å²) in [6.07, 6.45) is 17.6. The van der Waals surface area contributed by atoms with Crippen molar-refractivity contribution in [2.75, 3.05) is 6.61 Å². The average molecular weight is 359 g/mol. The third-order valence-corrected chi connectivity index (χ3v) is 5.55. The molecular weight excluding hydrogens is 324 g/mol. The molecule has 0 aromatic heterocycles. The second-order valence-corrected chi connectivity index (χ2v) is 8.10. The minimum atomic E-state index is -0.542. The summed E-state index contributed by atoms with van der Waals surface area (Å²) in [7, 11) is 0. The highest BCUT2D eigenvalue weighted by Crippen LogP contribution is 2.36. The van der Waals surface area contributed by atoms with E-state index in [-0.39, 0.29) is 0 Å². The van der Waals surface area contributed by atoms with Crippen molar-refractivity contribution in [2.24, 2.45) is 0 Å². The molecule has 1 spiro atoms. The molecule has 0 amide bonds. The number of ether oxygens (including phenoxy) is 1. The Hall–Kier alpha value is -1.16. The highest BCUT2D eigenvalue weighted by Gasteiger charge is 2.42. The molecule has 2 fully saturated rings. The SMILES string of the molecule is CC1(/C=C/c2ccccc2)COC2(CCCCCCCCCCC2)OO1. The number of hydrogen-bond donors (Lipinski definition) is 0. The number of rotatable bonds is 2. The smallest absolute Gasteiger partial charge is 0.201 e. The van der Waals surface area contributed by atoms with Gasteiger partial charge in [-0.15, -0.1) is 0 Å². The fourth-order valence-corrected chi connectivity index (χ4v) is 3.79. The second-order valence-electron chi connectivity index (χ2n) is 8.10. The van der Waals surface area contributed by atoms with Crippen LogP contribution in [0, 0.1) is 0 Å². The zero-order valence-corrected chi connectivity index (χ0v) is 16.3. The molecule has 144 valence electrons. The molecular formula is C23H34O3. The van der Waals surface area contributed by atoms with Gasteiger partial charge in [-0.2, -0.15) is 0 Å². The summed E-state index contributed by atoms with van der Waals surface area (Å²) in [4.78, 5) is 11.8. The van der Waals surface area contributed by atoms with Gasteiger partial charge in [-0.05, 0) is 31.4 Å². The van der Waals surface area contributed by atoms with Gasteiger partial charge < -0.3 is 4.74 Å². The van der Waals surface area contributed by atoms with Crippen LogP contribution < -0.4 is 0 Å². The van der Waals surface area contributed by atoms with Gasteiger partial charge in [0.1, 0.15) is 5.60 Å². The summed E-state index contributed by atoms with van der Waals surface area (Å²) >= 11 is 0. The molecule has 1 heterocycles. The van der Waals surface area contributed by atoms with Crippen molar-refractivity contribution in [1.29, 1.82) is 0 Å². The highest BCUT2D eigenvalue weighted by atomic mass is 17.2. The van der Waals surface area contributed by atoms with E-state index in [1.165, 1.54) is 44.9 Å². The van der Waals surface area contributed by atoms with Gasteiger partial charge in [0.2, 0.25) is 5.79 Å². The van der Waals surface area contributed by atoms with E-state index in [0.717, 1.165) is 31.2 Å². The zero-order chi connectivity index (χ0) is 18.1. The predicted octanol–water partition coefficient (Wildman–Crippen LogP) is 6.44. The van der Waals surface area contributed by atoms with Gasteiger partial charge in [0.05, 0.1) is 6.61 Å². The Kier molecular flexibility index (Phi) is 7.30. The third kappa shape index (κ3) is 5.94. The summed E-state index contributed by atoms with van der Waals surface area (Å²) in [6, 6.07) is 10.3. The molecule has 2 aliphatic rings. The van der Waals surface area contributed by atoms with Crippen LogP contribution in [0.25, 0.3) is 6.08 Å². The van der Waals surface area contributed by atoms with Crippen LogP contribution in [0.3, 0.4) is 0 Å². The molecule has 26 heavy (non-hydrogen) atoms. The van der Waals surface area contributed by atoms with Crippen molar-refractivity contribution in [1.82, 2.24) is 0 Å². The van der Waals surface area contributed by atoms with E-state index in [2.05, 4.69) is 18.2 Å². The van der Waals surface area contributed by atoms with Crippen LogP contribution in [0.15, 0.2) is 36.4 Å². The molecule has 1 unspecified atom stereocenters. The van der Waals surface area contributed by atoms with Crippen LogP contribution in [0.4, 0.5) is 0 Å². The van der Waals surface area contributed by atoms with E-state index in [4.69, 9.17) is 14.5 Å². The third-order valence-electron chi connectivity index (χ3n) is 5.55. The van der Waals surface area contributed by atoms with Gasteiger partial charge in [0.15, 0.2) is 0 Å². The topological polar surface area (TPSA) is 27.7 Å². The fraction of sp³-hybridized carbons (Fsp3) is 0.652. The average Bonchev–Trinajstić information content (AvgIpc) is 2.66. The summed E-state index contributed by atoms with van der Waals surface area (Å²) in [5, 5.41) is 0. The molecule has 0 bridgehead atoms. The molecule has 1 saturated heterocycles. The van der Waals surface area contributed by atoms with E-state index in [1.807, 2.05) is 31.2 Å². The van der Waals surface area contributed by atoms with Gasteiger partial charge in [0.25, 0.3) is 0 Å². The van der Waals surface area contributed by atoms with Crippen molar-refractivity contribution in [3.05, 3.63) is 42.0 Å². The molecule has 3 rings (SSSR count). The maximum Gasteiger partial charge on any atom is 0.201 e. The first-order chi connectivity index (χ1) is 12.7. The Morgan fingerprint density at radius 2 is 1.35 bits per heavy atom. The van der Waals surface area contributed by atoms with E-state index in [1.54, 1.807) is 0 Å². The van der Waals surface area contributed by atoms with E-state index < -0.39 is 11.4 Å². The highest BCUT2D eigenvalue weighted by molar-refractivity contribution is 5.50. The predicted molar refractivity (Wildman–Crippen MR) is 106 cm³/mol. The van der Waals surface area contributed by atoms with Crippen LogP contribution >= 0.6 is 0 Å². The molecule has 1 atom stereocenters. The summed E-state index contributed by atoms with van der Waals surface area (Å²) in [5.41, 5.74) is 0.619. The lowest BCUT2D eigenvalue weighted by Crippen LogP contribution is -2.50. The van der Waals surface area contributed by atoms with Crippen molar-refractivity contribution >= 4 is 6.08 Å². The van der Waals surface area contributed by atoms with Crippen LogP contribution in [0.5, 0.6) is 0 Å². The molecule has 3 nitrogen and oxygen atoms in total. The Labute approximate surface area is 158 Å². The molecule has 0 N–H and O–H groups in total. The first kappa shape index (κ1) is 19.6. The molecule has 3 heteroatoms. The molecule has 1 aromatic carbocycles. The zero-order valence-electron chi connectivity index (χ0n) is 16.3. The largest absolute Gasteiger partial charge is 0.344 e. The Balaban J connectivity index is 1.57. The summed E-state index contributed by atoms with van der Waals surface area (Å²) in [6.45, 7) is 2.56. The fourth-order valence-electron chi connectivity index (χ4n) is 3.79. The second kappa shape index (κ2) is 9.68. The standard InChI is InChI=1S/C23H34O3/c1-22(19-16-21-14-10-9-11-15-21)20-24-23(26-25-22)17-12-7-5-3-2-4-6-8-13-18-23/h9-11,14-16,19H,2-8,12-13,17-18,20H2,1H3/b19-16+. The van der Waals surface area contributed by atoms with Gasteiger partial charge in [-0.25, -0.2) is 9.78 Å². The maximum absolute atomic E-state index is 6.32. The van der Waals surface area contributed by atoms with E-state index >= 15 is 0 Å². The van der Waals surface area contributed by atoms with Crippen molar-refractivity contribution in [2.45, 2.75) is 88.9 Å². The monoisotopic (exact) mass is 358 g/mol. The Morgan fingerprint density at radius 3 is 1.88 bits per heavy atom. The molecule has 1 aliphatic heterocycles. The molecule has 1 aromatic rings. The van der Waals surface area contributed by atoms with Crippen LogP contribution in [0.1, 0.15) is 83.1 Å². The van der Waals surface area contributed by atoms with Crippen LogP contribution in [0.2, 0.25) is 0 Å². The lowest BCUT2D eigenvalue weighted by molar-refractivity contribution is -0.503. The molecule has 0 radical (unpaired) electrons. The molecule has 1 saturated carbocycles. The minimum Gasteiger partial charge on any atom is -0.344 e. The summed E-state index contributed by atoms with van der Waals surface area (Å²) in [5.74, 6) is -0.542. The van der Waals surface area contributed by atoms with Crippen LogP contribution in [-0.2, 0) is 14.5 Å². The normalized spacial score (nSPS) is 28.5.